The number of nitrogens with zero attached hydrogens (tertiary/aromatic N) is 2. The maximum absolute atomic E-state index is 14.3. The summed E-state index contributed by atoms with van der Waals surface area (Å²) in [4.78, 5) is 3.62. The van der Waals surface area contributed by atoms with E-state index in [1.807, 2.05) is 30.3 Å². The molecular weight excluding hydrogens is 345 g/mol. The van der Waals surface area contributed by atoms with Gasteiger partial charge in [0.1, 0.15) is 0 Å². The molecule has 0 amide bonds. The van der Waals surface area contributed by atoms with E-state index >= 15 is 0 Å². The molecule has 1 aliphatic heterocycles. The number of hydrogen-bond acceptors (Lipinski definition) is 5. The molecule has 1 N–H and O–H groups in total. The SMILES string of the molecule is N#Cc1ccc(-c2cccc(C[C@H]3CNCCO3)c2-c2ocnc2F)cc1. The minimum atomic E-state index is -0.639. The smallest absolute Gasteiger partial charge is 0.259 e. The van der Waals surface area contributed by atoms with Crippen LogP contribution in [0, 0.1) is 17.3 Å². The number of morpholine rings is 1. The van der Waals surface area contributed by atoms with Gasteiger partial charge in [-0.3, -0.25) is 0 Å². The number of rotatable bonds is 4. The zero-order chi connectivity index (χ0) is 18.6. The lowest BCUT2D eigenvalue weighted by Gasteiger charge is -2.25. The highest BCUT2D eigenvalue weighted by Crippen LogP contribution is 2.37. The van der Waals surface area contributed by atoms with Gasteiger partial charge in [-0.15, -0.1) is 0 Å². The van der Waals surface area contributed by atoms with E-state index in [0.29, 0.717) is 24.2 Å². The van der Waals surface area contributed by atoms with Crippen molar-refractivity contribution in [1.82, 2.24) is 10.3 Å². The first-order chi connectivity index (χ1) is 13.3. The number of oxazole rings is 1. The highest BCUT2D eigenvalue weighted by Gasteiger charge is 2.23. The molecule has 4 rings (SSSR count). The van der Waals surface area contributed by atoms with Crippen LogP contribution in [0.4, 0.5) is 4.39 Å². The van der Waals surface area contributed by atoms with Crippen LogP contribution in [0.1, 0.15) is 11.1 Å². The molecule has 0 saturated carbocycles. The number of ether oxygens (including phenoxy) is 1. The lowest BCUT2D eigenvalue weighted by molar-refractivity contribution is 0.0293. The minimum Gasteiger partial charge on any atom is -0.440 e. The summed E-state index contributed by atoms with van der Waals surface area (Å²) >= 11 is 0. The topological polar surface area (TPSA) is 71.1 Å². The Morgan fingerprint density at radius 1 is 1.22 bits per heavy atom. The van der Waals surface area contributed by atoms with Crippen LogP contribution >= 0.6 is 0 Å². The van der Waals surface area contributed by atoms with Crippen LogP contribution < -0.4 is 5.32 Å². The Hall–Kier alpha value is -3.01. The lowest BCUT2D eigenvalue weighted by atomic mass is 9.91. The zero-order valence-electron chi connectivity index (χ0n) is 14.6. The van der Waals surface area contributed by atoms with E-state index in [9.17, 15) is 4.39 Å². The third-order valence-electron chi connectivity index (χ3n) is 4.68. The Morgan fingerprint density at radius 2 is 2.07 bits per heavy atom. The van der Waals surface area contributed by atoms with Crippen LogP contribution in [-0.2, 0) is 11.2 Å². The first kappa shape index (κ1) is 17.4. The second-order valence-electron chi connectivity index (χ2n) is 6.40. The monoisotopic (exact) mass is 363 g/mol. The average Bonchev–Trinajstić information content (AvgIpc) is 3.14. The summed E-state index contributed by atoms with van der Waals surface area (Å²) in [6.07, 6.45) is 1.76. The number of nitriles is 1. The van der Waals surface area contributed by atoms with Crippen LogP contribution in [-0.4, -0.2) is 30.8 Å². The molecule has 1 fully saturated rings. The van der Waals surface area contributed by atoms with Crippen molar-refractivity contribution in [3.8, 4) is 28.5 Å². The van der Waals surface area contributed by atoms with Gasteiger partial charge in [0.25, 0.3) is 5.95 Å². The molecule has 0 aliphatic carbocycles. The lowest BCUT2D eigenvalue weighted by Crippen LogP contribution is -2.39. The number of aromatic nitrogens is 1. The van der Waals surface area contributed by atoms with E-state index < -0.39 is 5.95 Å². The van der Waals surface area contributed by atoms with Crippen LogP contribution in [0.25, 0.3) is 22.5 Å². The first-order valence-electron chi connectivity index (χ1n) is 8.80. The quantitative estimate of drug-likeness (QED) is 0.768. The van der Waals surface area contributed by atoms with E-state index in [1.54, 1.807) is 12.1 Å². The van der Waals surface area contributed by atoms with Crippen LogP contribution in [0.3, 0.4) is 0 Å². The number of nitrogens with one attached hydrogen (secondary N) is 1. The summed E-state index contributed by atoms with van der Waals surface area (Å²) in [5.74, 6) is -0.520. The highest BCUT2D eigenvalue weighted by atomic mass is 19.1. The molecule has 0 radical (unpaired) electrons. The summed E-state index contributed by atoms with van der Waals surface area (Å²) < 4.78 is 25.5. The Labute approximate surface area is 156 Å². The second kappa shape index (κ2) is 7.70. The molecule has 3 aromatic rings. The van der Waals surface area contributed by atoms with Crippen molar-refractivity contribution >= 4 is 0 Å². The Balaban J connectivity index is 1.81. The third-order valence-corrected chi connectivity index (χ3v) is 4.68. The van der Waals surface area contributed by atoms with Crippen LogP contribution in [0.5, 0.6) is 0 Å². The fourth-order valence-electron chi connectivity index (χ4n) is 3.39. The third kappa shape index (κ3) is 3.61. The molecule has 1 aliphatic rings. The Kier molecular flexibility index (Phi) is 4.97. The Bertz CT molecular complexity index is 970. The predicted octanol–water partition coefficient (Wildman–Crippen LogP) is 3.55. The Morgan fingerprint density at radius 3 is 2.74 bits per heavy atom. The summed E-state index contributed by atoms with van der Waals surface area (Å²) in [6, 6.07) is 15.1. The van der Waals surface area contributed by atoms with Gasteiger partial charge < -0.3 is 14.5 Å². The molecule has 27 heavy (non-hydrogen) atoms. The van der Waals surface area contributed by atoms with Gasteiger partial charge in [0.2, 0.25) is 0 Å². The number of benzene rings is 2. The van der Waals surface area contributed by atoms with E-state index in [-0.39, 0.29) is 11.9 Å². The highest BCUT2D eigenvalue weighted by molar-refractivity contribution is 5.83. The summed E-state index contributed by atoms with van der Waals surface area (Å²) in [6.45, 7) is 2.25. The van der Waals surface area contributed by atoms with Crippen molar-refractivity contribution in [1.29, 1.82) is 5.26 Å². The van der Waals surface area contributed by atoms with Gasteiger partial charge >= 0.3 is 0 Å². The fraction of sp³-hybridized carbons (Fsp3) is 0.238. The molecule has 1 aromatic heterocycles. The summed E-state index contributed by atoms with van der Waals surface area (Å²) in [5, 5.41) is 12.3. The van der Waals surface area contributed by atoms with E-state index in [4.69, 9.17) is 14.4 Å². The van der Waals surface area contributed by atoms with E-state index in [0.717, 1.165) is 36.2 Å². The molecule has 2 aromatic carbocycles. The van der Waals surface area contributed by atoms with E-state index in [1.165, 1.54) is 0 Å². The number of hydrogen-bond donors (Lipinski definition) is 1. The van der Waals surface area contributed by atoms with Gasteiger partial charge in [-0.1, -0.05) is 30.3 Å². The molecular formula is C21H18FN3O2. The molecule has 6 heteroatoms. The van der Waals surface area contributed by atoms with Crippen LogP contribution in [0.2, 0.25) is 0 Å². The maximum atomic E-state index is 14.3. The minimum absolute atomic E-state index is 0.0136. The van der Waals surface area contributed by atoms with E-state index in [2.05, 4.69) is 16.4 Å². The van der Waals surface area contributed by atoms with Gasteiger partial charge in [-0.05, 0) is 28.8 Å². The molecule has 5 nitrogen and oxygen atoms in total. The van der Waals surface area contributed by atoms with Crippen LogP contribution in [0.15, 0.2) is 53.3 Å². The molecule has 136 valence electrons. The van der Waals surface area contributed by atoms with Gasteiger partial charge in [0.15, 0.2) is 12.2 Å². The summed E-state index contributed by atoms with van der Waals surface area (Å²) in [5.41, 5.74) is 3.89. The van der Waals surface area contributed by atoms with Gasteiger partial charge in [0.05, 0.1) is 24.3 Å². The normalized spacial score (nSPS) is 16.8. The standard InChI is InChI=1S/C21H18FN3O2/c22-21-20(27-13-25-21)19-16(10-17-12-24-8-9-26-17)2-1-3-18(19)15-6-4-14(11-23)5-7-15/h1-7,13,17,24H,8-10,12H2/t17-/m0/s1. The van der Waals surface area contributed by atoms with Crippen molar-refractivity contribution < 1.29 is 13.5 Å². The maximum Gasteiger partial charge on any atom is 0.259 e. The molecule has 1 atom stereocenters. The molecule has 1 saturated heterocycles. The molecule has 0 unspecified atom stereocenters. The average molecular weight is 363 g/mol. The second-order valence-corrected chi connectivity index (χ2v) is 6.40. The van der Waals surface area contributed by atoms with Gasteiger partial charge in [-0.25, -0.2) is 0 Å². The summed E-state index contributed by atoms with van der Waals surface area (Å²) in [7, 11) is 0. The predicted molar refractivity (Wildman–Crippen MR) is 98.4 cm³/mol. The molecule has 0 bridgehead atoms. The fourth-order valence-corrected chi connectivity index (χ4v) is 3.39. The largest absolute Gasteiger partial charge is 0.440 e. The van der Waals surface area contributed by atoms with Gasteiger partial charge in [0, 0.05) is 25.1 Å². The zero-order valence-corrected chi connectivity index (χ0v) is 14.6. The first-order valence-corrected chi connectivity index (χ1v) is 8.80. The van der Waals surface area contributed by atoms with Crippen molar-refractivity contribution in [2.75, 3.05) is 19.7 Å². The van der Waals surface area contributed by atoms with Crippen molar-refractivity contribution in [3.63, 3.8) is 0 Å². The van der Waals surface area contributed by atoms with Gasteiger partial charge in [-0.2, -0.15) is 14.6 Å². The van der Waals surface area contributed by atoms with Crippen molar-refractivity contribution in [2.24, 2.45) is 0 Å². The van der Waals surface area contributed by atoms with Crippen molar-refractivity contribution in [3.05, 3.63) is 65.9 Å². The number of halogens is 1. The molecule has 0 spiro atoms. The van der Waals surface area contributed by atoms with Crippen molar-refractivity contribution in [2.45, 2.75) is 12.5 Å². The molecule has 2 heterocycles.